The Labute approximate surface area is 97.6 Å². The van der Waals surface area contributed by atoms with Crippen molar-refractivity contribution in [3.63, 3.8) is 0 Å². The highest BCUT2D eigenvalue weighted by atomic mass is 16.4. The van der Waals surface area contributed by atoms with Gasteiger partial charge in [0.05, 0.1) is 0 Å². The molecule has 0 heterocycles. The van der Waals surface area contributed by atoms with Gasteiger partial charge in [0.1, 0.15) is 5.54 Å². The summed E-state index contributed by atoms with van der Waals surface area (Å²) < 4.78 is 0. The SMILES string of the molecule is NCCCNC1(C(=O)O)CCCCCCC1. The molecule has 1 aliphatic carbocycles. The molecular weight excluding hydrogens is 204 g/mol. The molecule has 0 spiro atoms. The average Bonchev–Trinajstić information content (AvgIpc) is 2.21. The van der Waals surface area contributed by atoms with Gasteiger partial charge >= 0.3 is 5.97 Å². The summed E-state index contributed by atoms with van der Waals surface area (Å²) in [6.07, 6.45) is 7.96. The number of hydrogen-bond donors (Lipinski definition) is 3. The molecule has 0 atom stereocenters. The minimum absolute atomic E-state index is 0.614. The molecule has 0 aliphatic heterocycles. The summed E-state index contributed by atoms with van der Waals surface area (Å²) >= 11 is 0. The fraction of sp³-hybridized carbons (Fsp3) is 0.917. The van der Waals surface area contributed by atoms with Gasteiger partial charge in [0.25, 0.3) is 0 Å². The summed E-state index contributed by atoms with van der Waals surface area (Å²) in [4.78, 5) is 11.4. The first kappa shape index (κ1) is 13.5. The molecule has 1 rings (SSSR count). The van der Waals surface area contributed by atoms with Crippen molar-refractivity contribution in [2.24, 2.45) is 5.73 Å². The van der Waals surface area contributed by atoms with E-state index in [1.807, 2.05) is 0 Å². The fourth-order valence-electron chi connectivity index (χ4n) is 2.40. The molecule has 0 radical (unpaired) electrons. The number of nitrogens with one attached hydrogen (secondary N) is 1. The van der Waals surface area contributed by atoms with Gasteiger partial charge in [-0.15, -0.1) is 0 Å². The van der Waals surface area contributed by atoms with E-state index in [4.69, 9.17) is 5.73 Å². The van der Waals surface area contributed by atoms with Crippen LogP contribution < -0.4 is 11.1 Å². The average molecular weight is 228 g/mol. The lowest BCUT2D eigenvalue weighted by atomic mass is 9.84. The molecule has 1 saturated carbocycles. The highest BCUT2D eigenvalue weighted by Crippen LogP contribution is 2.26. The first-order valence-corrected chi connectivity index (χ1v) is 6.40. The summed E-state index contributed by atoms with van der Waals surface area (Å²) in [5.74, 6) is -0.688. The maximum absolute atomic E-state index is 11.4. The van der Waals surface area contributed by atoms with E-state index in [1.54, 1.807) is 0 Å². The van der Waals surface area contributed by atoms with Crippen molar-refractivity contribution in [1.29, 1.82) is 0 Å². The van der Waals surface area contributed by atoms with E-state index in [0.29, 0.717) is 13.1 Å². The number of carbonyl (C=O) groups is 1. The zero-order valence-electron chi connectivity index (χ0n) is 10.0. The molecule has 0 amide bonds. The Bertz CT molecular complexity index is 211. The second-order valence-corrected chi connectivity index (χ2v) is 4.72. The second-order valence-electron chi connectivity index (χ2n) is 4.72. The van der Waals surface area contributed by atoms with Crippen LogP contribution in [0.15, 0.2) is 0 Å². The molecule has 4 N–H and O–H groups in total. The zero-order chi connectivity index (χ0) is 11.9. The summed E-state index contributed by atoms with van der Waals surface area (Å²) in [5.41, 5.74) is 4.75. The number of carboxylic acids is 1. The van der Waals surface area contributed by atoms with Gasteiger partial charge in [-0.1, -0.05) is 32.1 Å². The van der Waals surface area contributed by atoms with Crippen molar-refractivity contribution >= 4 is 5.97 Å². The van der Waals surface area contributed by atoms with Gasteiger partial charge in [-0.25, -0.2) is 0 Å². The fourth-order valence-corrected chi connectivity index (χ4v) is 2.40. The molecule has 0 saturated heterocycles. The van der Waals surface area contributed by atoms with Crippen LogP contribution in [0.4, 0.5) is 0 Å². The highest BCUT2D eigenvalue weighted by Gasteiger charge is 2.37. The van der Waals surface area contributed by atoms with E-state index >= 15 is 0 Å². The highest BCUT2D eigenvalue weighted by molar-refractivity contribution is 5.78. The Hall–Kier alpha value is -0.610. The standard InChI is InChI=1S/C12H24N2O2/c13-9-6-10-14-12(11(15)16)7-4-2-1-3-5-8-12/h14H,1-10,13H2,(H,15,16). The van der Waals surface area contributed by atoms with E-state index in [2.05, 4.69) is 5.32 Å². The van der Waals surface area contributed by atoms with Crippen LogP contribution in [0, 0.1) is 0 Å². The van der Waals surface area contributed by atoms with E-state index in [9.17, 15) is 9.90 Å². The lowest BCUT2D eigenvalue weighted by Gasteiger charge is -2.32. The van der Waals surface area contributed by atoms with Crippen molar-refractivity contribution < 1.29 is 9.90 Å². The van der Waals surface area contributed by atoms with Crippen molar-refractivity contribution in [3.05, 3.63) is 0 Å². The molecule has 4 nitrogen and oxygen atoms in total. The third kappa shape index (κ3) is 3.76. The predicted octanol–water partition coefficient (Wildman–Crippen LogP) is 1.49. The number of aliphatic carboxylic acids is 1. The molecule has 16 heavy (non-hydrogen) atoms. The van der Waals surface area contributed by atoms with Crippen LogP contribution in [0.25, 0.3) is 0 Å². The zero-order valence-corrected chi connectivity index (χ0v) is 10.0. The molecule has 0 aromatic carbocycles. The molecule has 1 aliphatic rings. The molecule has 0 bridgehead atoms. The van der Waals surface area contributed by atoms with Gasteiger partial charge in [-0.05, 0) is 32.4 Å². The molecule has 0 aromatic rings. The Morgan fingerprint density at radius 2 is 1.75 bits per heavy atom. The Morgan fingerprint density at radius 3 is 2.25 bits per heavy atom. The minimum atomic E-state index is -0.688. The van der Waals surface area contributed by atoms with Crippen molar-refractivity contribution in [2.45, 2.75) is 56.9 Å². The normalized spacial score (nSPS) is 21.1. The van der Waals surface area contributed by atoms with Crippen molar-refractivity contribution in [3.8, 4) is 0 Å². The van der Waals surface area contributed by atoms with Gasteiger partial charge in [0, 0.05) is 0 Å². The summed E-state index contributed by atoms with van der Waals surface area (Å²) in [7, 11) is 0. The molecular formula is C12H24N2O2. The van der Waals surface area contributed by atoms with E-state index in [0.717, 1.165) is 44.9 Å². The van der Waals surface area contributed by atoms with Crippen molar-refractivity contribution in [1.82, 2.24) is 5.32 Å². The van der Waals surface area contributed by atoms with Crippen LogP contribution >= 0.6 is 0 Å². The van der Waals surface area contributed by atoms with E-state index < -0.39 is 11.5 Å². The number of rotatable bonds is 5. The van der Waals surface area contributed by atoms with Gasteiger partial charge in [0.2, 0.25) is 0 Å². The first-order valence-electron chi connectivity index (χ1n) is 6.40. The monoisotopic (exact) mass is 228 g/mol. The summed E-state index contributed by atoms with van der Waals surface area (Å²) in [6.45, 7) is 1.32. The Kier molecular flexibility index (Phi) is 5.77. The topological polar surface area (TPSA) is 75.3 Å². The van der Waals surface area contributed by atoms with Crippen LogP contribution in [-0.2, 0) is 4.79 Å². The predicted molar refractivity (Wildman–Crippen MR) is 64.4 cm³/mol. The van der Waals surface area contributed by atoms with Crippen LogP contribution in [0.1, 0.15) is 51.4 Å². The number of nitrogens with two attached hydrogens (primary N) is 1. The molecule has 4 heteroatoms. The minimum Gasteiger partial charge on any atom is -0.480 e. The third-order valence-electron chi connectivity index (χ3n) is 3.46. The maximum Gasteiger partial charge on any atom is 0.323 e. The Balaban J connectivity index is 2.56. The maximum atomic E-state index is 11.4. The van der Waals surface area contributed by atoms with Gasteiger partial charge in [-0.2, -0.15) is 0 Å². The quantitative estimate of drug-likeness (QED) is 0.623. The number of carboxylic acid groups (broad SMARTS) is 1. The van der Waals surface area contributed by atoms with Crippen molar-refractivity contribution in [2.75, 3.05) is 13.1 Å². The number of hydrogen-bond acceptors (Lipinski definition) is 3. The Morgan fingerprint density at radius 1 is 1.19 bits per heavy atom. The largest absolute Gasteiger partial charge is 0.480 e. The molecule has 1 fully saturated rings. The third-order valence-corrected chi connectivity index (χ3v) is 3.46. The first-order chi connectivity index (χ1) is 7.71. The van der Waals surface area contributed by atoms with E-state index in [1.165, 1.54) is 6.42 Å². The van der Waals surface area contributed by atoms with E-state index in [-0.39, 0.29) is 0 Å². The summed E-state index contributed by atoms with van der Waals surface area (Å²) in [6, 6.07) is 0. The van der Waals surface area contributed by atoms with Crippen LogP contribution in [0.5, 0.6) is 0 Å². The van der Waals surface area contributed by atoms with Gasteiger partial charge in [0.15, 0.2) is 0 Å². The molecule has 0 unspecified atom stereocenters. The van der Waals surface area contributed by atoms with Gasteiger partial charge in [-0.3, -0.25) is 4.79 Å². The molecule has 94 valence electrons. The van der Waals surface area contributed by atoms with Crippen LogP contribution in [0.3, 0.4) is 0 Å². The van der Waals surface area contributed by atoms with Crippen LogP contribution in [-0.4, -0.2) is 29.7 Å². The lowest BCUT2D eigenvalue weighted by Crippen LogP contribution is -2.53. The lowest BCUT2D eigenvalue weighted by molar-refractivity contribution is -0.146. The second kappa shape index (κ2) is 6.86. The van der Waals surface area contributed by atoms with Gasteiger partial charge < -0.3 is 16.2 Å². The molecule has 0 aromatic heterocycles. The van der Waals surface area contributed by atoms with Crippen LogP contribution in [0.2, 0.25) is 0 Å². The summed E-state index contributed by atoms with van der Waals surface area (Å²) in [5, 5.41) is 12.6. The smallest absolute Gasteiger partial charge is 0.323 e.